The van der Waals surface area contributed by atoms with Crippen LogP contribution in [0.15, 0.2) is 22.7 Å². The molecule has 2 aliphatic heterocycles. The van der Waals surface area contributed by atoms with E-state index >= 15 is 0 Å². The molecule has 0 bridgehead atoms. The van der Waals surface area contributed by atoms with Gasteiger partial charge in [-0.3, -0.25) is 0 Å². The second-order valence-electron chi connectivity index (χ2n) is 8.70. The highest BCUT2D eigenvalue weighted by molar-refractivity contribution is 5.47. The average Bonchev–Trinajstić information content (AvgIpc) is 3.39. The molecule has 2 aromatic rings. The van der Waals surface area contributed by atoms with Gasteiger partial charge in [0.2, 0.25) is 12.7 Å². The minimum Gasteiger partial charge on any atom is -0.488 e. The number of benzene rings is 1. The molecule has 0 radical (unpaired) electrons. The summed E-state index contributed by atoms with van der Waals surface area (Å²) in [6.07, 6.45) is 4.37. The molecule has 4 aliphatic rings. The number of anilines is 1. The van der Waals surface area contributed by atoms with Gasteiger partial charge in [0.25, 0.3) is 5.95 Å². The Kier molecular flexibility index (Phi) is 4.07. The predicted molar refractivity (Wildman–Crippen MR) is 102 cm³/mol. The zero-order chi connectivity index (χ0) is 19.4. The summed E-state index contributed by atoms with van der Waals surface area (Å²) in [7, 11) is 0. The van der Waals surface area contributed by atoms with E-state index in [1.54, 1.807) is 0 Å². The smallest absolute Gasteiger partial charge is 0.266 e. The third-order valence-electron chi connectivity index (χ3n) is 6.88. The van der Waals surface area contributed by atoms with Gasteiger partial charge in [-0.15, -0.1) is 0 Å². The first-order valence-corrected chi connectivity index (χ1v) is 10.6. The third kappa shape index (κ3) is 3.10. The maximum atomic E-state index is 10.7. The zero-order valence-corrected chi connectivity index (χ0v) is 16.2. The third-order valence-corrected chi connectivity index (χ3v) is 6.88. The second kappa shape index (κ2) is 6.79. The van der Waals surface area contributed by atoms with Crippen LogP contribution in [-0.2, 0) is 0 Å². The summed E-state index contributed by atoms with van der Waals surface area (Å²) >= 11 is 0. The van der Waals surface area contributed by atoms with Crippen molar-refractivity contribution in [1.82, 2.24) is 10.1 Å². The molecule has 4 atom stereocenters. The van der Waals surface area contributed by atoms with Crippen molar-refractivity contribution < 1.29 is 23.8 Å². The molecule has 0 amide bonds. The topological polar surface area (TPSA) is 90.1 Å². The van der Waals surface area contributed by atoms with Crippen molar-refractivity contribution in [3.8, 4) is 17.2 Å². The van der Waals surface area contributed by atoms with E-state index in [1.807, 2.05) is 18.2 Å². The van der Waals surface area contributed by atoms with Crippen LogP contribution >= 0.6 is 0 Å². The van der Waals surface area contributed by atoms with Crippen LogP contribution < -0.4 is 19.1 Å². The normalized spacial score (nSPS) is 30.9. The summed E-state index contributed by atoms with van der Waals surface area (Å²) < 4.78 is 22.4. The Balaban J connectivity index is 1.12. The molecule has 1 aromatic heterocycles. The van der Waals surface area contributed by atoms with E-state index in [0.29, 0.717) is 35.2 Å². The van der Waals surface area contributed by atoms with Crippen molar-refractivity contribution in [2.24, 2.45) is 11.8 Å². The summed E-state index contributed by atoms with van der Waals surface area (Å²) in [4.78, 5) is 6.84. The van der Waals surface area contributed by atoms with Gasteiger partial charge < -0.3 is 28.7 Å². The molecule has 1 saturated heterocycles. The Labute approximate surface area is 168 Å². The zero-order valence-electron chi connectivity index (χ0n) is 16.2. The number of fused-ring (bicyclic) bond motifs is 2. The van der Waals surface area contributed by atoms with Gasteiger partial charge in [0.05, 0.1) is 6.10 Å². The van der Waals surface area contributed by atoms with Crippen LogP contribution in [0.1, 0.15) is 43.9 Å². The summed E-state index contributed by atoms with van der Waals surface area (Å²) in [5, 5.41) is 14.9. The lowest BCUT2D eigenvalue weighted by Gasteiger charge is -2.35. The SMILES string of the molecule is O[C@@H]1C[C@H]2CN(c3noc(C4CCC4)n3)C[C@H]2C[C@H]1Oc1ccc2c(c1)OCO2. The number of hydrogen-bond donors (Lipinski definition) is 1. The van der Waals surface area contributed by atoms with Crippen molar-refractivity contribution in [2.45, 2.75) is 50.2 Å². The molecule has 0 spiro atoms. The van der Waals surface area contributed by atoms with Gasteiger partial charge in [0.15, 0.2) is 11.5 Å². The summed E-state index contributed by atoms with van der Waals surface area (Å²) in [5.41, 5.74) is 0. The van der Waals surface area contributed by atoms with Crippen molar-refractivity contribution in [2.75, 3.05) is 24.8 Å². The number of aromatic nitrogens is 2. The largest absolute Gasteiger partial charge is 0.488 e. The molecule has 2 saturated carbocycles. The average molecular weight is 399 g/mol. The molecule has 1 N–H and O–H groups in total. The number of rotatable bonds is 4. The van der Waals surface area contributed by atoms with E-state index in [2.05, 4.69) is 15.0 Å². The van der Waals surface area contributed by atoms with Crippen LogP contribution in [0, 0.1) is 11.8 Å². The Morgan fingerprint density at radius 1 is 1.07 bits per heavy atom. The van der Waals surface area contributed by atoms with Crippen LogP contribution in [0.3, 0.4) is 0 Å². The van der Waals surface area contributed by atoms with Gasteiger partial charge in [0.1, 0.15) is 11.9 Å². The summed E-state index contributed by atoms with van der Waals surface area (Å²) in [6.45, 7) is 1.98. The molecule has 3 heterocycles. The molecule has 8 heteroatoms. The Bertz CT molecular complexity index is 898. The van der Waals surface area contributed by atoms with Crippen LogP contribution in [0.2, 0.25) is 0 Å². The lowest BCUT2D eigenvalue weighted by Crippen LogP contribution is -2.42. The fourth-order valence-electron chi connectivity index (χ4n) is 4.98. The molecule has 6 rings (SSSR count). The Hall–Kier alpha value is -2.48. The first-order valence-electron chi connectivity index (χ1n) is 10.6. The number of hydrogen-bond acceptors (Lipinski definition) is 8. The first-order chi connectivity index (χ1) is 14.2. The first kappa shape index (κ1) is 17.4. The molecule has 8 nitrogen and oxygen atoms in total. The Morgan fingerprint density at radius 3 is 2.72 bits per heavy atom. The highest BCUT2D eigenvalue weighted by atomic mass is 16.7. The fourth-order valence-corrected chi connectivity index (χ4v) is 4.98. The van der Waals surface area contributed by atoms with Gasteiger partial charge in [-0.1, -0.05) is 6.42 Å². The minimum absolute atomic E-state index is 0.229. The lowest BCUT2D eigenvalue weighted by atomic mass is 9.78. The van der Waals surface area contributed by atoms with Crippen molar-refractivity contribution in [3.63, 3.8) is 0 Å². The van der Waals surface area contributed by atoms with Gasteiger partial charge in [-0.25, -0.2) is 0 Å². The molecular formula is C21H25N3O5. The maximum absolute atomic E-state index is 10.7. The van der Waals surface area contributed by atoms with Crippen molar-refractivity contribution >= 4 is 5.95 Å². The molecule has 29 heavy (non-hydrogen) atoms. The van der Waals surface area contributed by atoms with E-state index in [4.69, 9.17) is 18.7 Å². The van der Waals surface area contributed by atoms with E-state index in [9.17, 15) is 5.11 Å². The number of nitrogens with zero attached hydrogens (tertiary/aromatic N) is 3. The Morgan fingerprint density at radius 2 is 1.90 bits per heavy atom. The van der Waals surface area contributed by atoms with Gasteiger partial charge in [-0.05, 0) is 54.8 Å². The van der Waals surface area contributed by atoms with Crippen molar-refractivity contribution in [3.05, 3.63) is 24.1 Å². The molecular weight excluding hydrogens is 374 g/mol. The minimum atomic E-state index is -0.488. The quantitative estimate of drug-likeness (QED) is 0.839. The fraction of sp³-hybridized carbons (Fsp3) is 0.619. The van der Waals surface area contributed by atoms with Gasteiger partial charge in [0, 0.05) is 25.1 Å². The molecule has 0 unspecified atom stereocenters. The summed E-state index contributed by atoms with van der Waals surface area (Å²) in [5.74, 6) is 4.92. The maximum Gasteiger partial charge on any atom is 0.266 e. The van der Waals surface area contributed by atoms with E-state index < -0.39 is 6.10 Å². The second-order valence-corrected chi connectivity index (χ2v) is 8.70. The number of aliphatic hydroxyl groups excluding tert-OH is 1. The van der Waals surface area contributed by atoms with Crippen molar-refractivity contribution in [1.29, 1.82) is 0 Å². The molecule has 2 aliphatic carbocycles. The van der Waals surface area contributed by atoms with Crippen LogP contribution in [0.4, 0.5) is 5.95 Å². The highest BCUT2D eigenvalue weighted by Crippen LogP contribution is 2.41. The molecule has 154 valence electrons. The number of aliphatic hydroxyl groups is 1. The van der Waals surface area contributed by atoms with Crippen LogP contribution in [0.25, 0.3) is 0 Å². The molecule has 1 aromatic carbocycles. The van der Waals surface area contributed by atoms with Crippen LogP contribution in [-0.4, -0.2) is 47.3 Å². The van der Waals surface area contributed by atoms with E-state index in [1.165, 1.54) is 6.42 Å². The van der Waals surface area contributed by atoms with E-state index in [-0.39, 0.29) is 12.9 Å². The summed E-state index contributed by atoms with van der Waals surface area (Å²) in [6, 6.07) is 5.56. The van der Waals surface area contributed by atoms with Gasteiger partial charge in [-0.2, -0.15) is 4.98 Å². The van der Waals surface area contributed by atoms with Crippen LogP contribution in [0.5, 0.6) is 17.2 Å². The van der Waals surface area contributed by atoms with Gasteiger partial charge >= 0.3 is 0 Å². The highest BCUT2D eigenvalue weighted by Gasteiger charge is 2.44. The number of ether oxygens (including phenoxy) is 3. The standard InChI is InChI=1S/C21H25N3O5/c25-16-6-13-9-24(21-22-20(29-23-21)12-2-1-3-12)10-14(13)7-18(16)28-15-4-5-17-19(8-15)27-11-26-17/h4-5,8,12-14,16,18,25H,1-3,6-7,9-11H2/t13-,14+,16+,18+/m0/s1. The lowest BCUT2D eigenvalue weighted by molar-refractivity contribution is -0.0232. The van der Waals surface area contributed by atoms with E-state index in [0.717, 1.165) is 50.4 Å². The predicted octanol–water partition coefficient (Wildman–Crippen LogP) is 2.72. The molecule has 3 fully saturated rings. The monoisotopic (exact) mass is 399 g/mol.